The Kier molecular flexibility index (Phi) is 2.11. The van der Waals surface area contributed by atoms with Gasteiger partial charge < -0.3 is 0 Å². The van der Waals surface area contributed by atoms with Crippen LogP contribution in [0.2, 0.25) is 0 Å². The molecule has 56 valence electrons. The number of benzene rings is 1. The van der Waals surface area contributed by atoms with E-state index in [2.05, 4.69) is 5.18 Å². The Morgan fingerprint density at radius 2 is 2.18 bits per heavy atom. The molecule has 11 heavy (non-hydrogen) atoms. The van der Waals surface area contributed by atoms with Gasteiger partial charge in [0.2, 0.25) is 0 Å². The lowest BCUT2D eigenvalue weighted by atomic mass is 10.1. The molecule has 3 nitrogen and oxygen atoms in total. The number of nitroso groups, excluding NO2 is 1. The third-order valence-electron chi connectivity index (χ3n) is 1.52. The number of hydrogen-bond acceptors (Lipinski definition) is 3. The van der Waals surface area contributed by atoms with Crippen molar-refractivity contribution in [2.75, 3.05) is 0 Å². The van der Waals surface area contributed by atoms with Gasteiger partial charge >= 0.3 is 0 Å². The van der Waals surface area contributed by atoms with Gasteiger partial charge in [-0.3, -0.25) is 4.79 Å². The van der Waals surface area contributed by atoms with Gasteiger partial charge in [-0.15, -0.1) is 4.91 Å². The van der Waals surface area contributed by atoms with E-state index in [0.29, 0.717) is 11.8 Å². The SMILES string of the molecule is Cc1cccc(N=O)c1C=O. The maximum Gasteiger partial charge on any atom is 0.152 e. The molecule has 3 heteroatoms. The molecule has 0 bridgehead atoms. The standard InChI is InChI=1S/C8H7NO2/c1-6-3-2-4-8(9-11)7(6)5-10/h2-5H,1H3. The van der Waals surface area contributed by atoms with E-state index in [1.54, 1.807) is 19.1 Å². The van der Waals surface area contributed by atoms with E-state index in [1.165, 1.54) is 6.07 Å². The van der Waals surface area contributed by atoms with Gasteiger partial charge in [0.15, 0.2) is 6.29 Å². The lowest BCUT2D eigenvalue weighted by Gasteiger charge is -1.97. The van der Waals surface area contributed by atoms with E-state index in [-0.39, 0.29) is 5.69 Å². The fourth-order valence-corrected chi connectivity index (χ4v) is 0.898. The highest BCUT2D eigenvalue weighted by atomic mass is 16.3. The van der Waals surface area contributed by atoms with Crippen molar-refractivity contribution in [3.63, 3.8) is 0 Å². The minimum absolute atomic E-state index is 0.208. The van der Waals surface area contributed by atoms with Crippen LogP contribution < -0.4 is 0 Å². The van der Waals surface area contributed by atoms with E-state index in [4.69, 9.17) is 0 Å². The summed E-state index contributed by atoms with van der Waals surface area (Å²) >= 11 is 0. The minimum Gasteiger partial charge on any atom is -0.298 e. The first kappa shape index (κ1) is 7.60. The van der Waals surface area contributed by atoms with Crippen LogP contribution in [-0.2, 0) is 0 Å². The summed E-state index contributed by atoms with van der Waals surface area (Å²) in [6.07, 6.45) is 0.645. The number of nitrogens with zero attached hydrogens (tertiary/aromatic N) is 1. The molecule has 0 aliphatic carbocycles. The number of hydrogen-bond donors (Lipinski definition) is 0. The van der Waals surface area contributed by atoms with Crippen molar-refractivity contribution >= 4 is 12.0 Å². The van der Waals surface area contributed by atoms with E-state index in [9.17, 15) is 9.70 Å². The molecule has 1 aromatic rings. The van der Waals surface area contributed by atoms with Crippen molar-refractivity contribution in [3.8, 4) is 0 Å². The fourth-order valence-electron chi connectivity index (χ4n) is 0.898. The Morgan fingerprint density at radius 3 is 2.64 bits per heavy atom. The lowest BCUT2D eigenvalue weighted by molar-refractivity contribution is 0.112. The fraction of sp³-hybridized carbons (Fsp3) is 0.125. The van der Waals surface area contributed by atoms with Crippen LogP contribution in [0.1, 0.15) is 15.9 Å². The Hall–Kier alpha value is -1.51. The third kappa shape index (κ3) is 1.32. The zero-order valence-electron chi connectivity index (χ0n) is 6.07. The second kappa shape index (κ2) is 3.05. The number of carbonyl (C=O) groups is 1. The maximum absolute atomic E-state index is 10.4. The van der Waals surface area contributed by atoms with E-state index < -0.39 is 0 Å². The molecule has 0 spiro atoms. The lowest BCUT2D eigenvalue weighted by Crippen LogP contribution is -1.85. The quantitative estimate of drug-likeness (QED) is 0.478. The molecule has 0 aliphatic heterocycles. The highest BCUT2D eigenvalue weighted by Crippen LogP contribution is 2.19. The van der Waals surface area contributed by atoms with Gasteiger partial charge in [0.25, 0.3) is 0 Å². The van der Waals surface area contributed by atoms with E-state index >= 15 is 0 Å². The number of rotatable bonds is 2. The predicted octanol–water partition coefficient (Wildman–Crippen LogP) is 2.21. The molecule has 0 atom stereocenters. The van der Waals surface area contributed by atoms with Gasteiger partial charge in [0.05, 0.1) is 0 Å². The van der Waals surface area contributed by atoms with Crippen LogP contribution in [0.5, 0.6) is 0 Å². The Bertz CT molecular complexity index is 294. The molecule has 0 saturated heterocycles. The summed E-state index contributed by atoms with van der Waals surface area (Å²) in [7, 11) is 0. The topological polar surface area (TPSA) is 46.5 Å². The Morgan fingerprint density at radius 1 is 1.45 bits per heavy atom. The van der Waals surface area contributed by atoms with Gasteiger partial charge in [0, 0.05) is 5.56 Å². The van der Waals surface area contributed by atoms with Gasteiger partial charge in [-0.05, 0) is 23.7 Å². The van der Waals surface area contributed by atoms with E-state index in [0.717, 1.165) is 5.56 Å². The second-order valence-corrected chi connectivity index (χ2v) is 2.22. The van der Waals surface area contributed by atoms with Gasteiger partial charge in [-0.2, -0.15) is 0 Å². The summed E-state index contributed by atoms with van der Waals surface area (Å²) in [6, 6.07) is 4.97. The van der Waals surface area contributed by atoms with Crippen LogP contribution in [0.3, 0.4) is 0 Å². The average Bonchev–Trinajstić information content (AvgIpc) is 2.04. The van der Waals surface area contributed by atoms with Crippen LogP contribution in [0.25, 0.3) is 0 Å². The van der Waals surface area contributed by atoms with Crippen LogP contribution in [0, 0.1) is 11.8 Å². The first-order valence-electron chi connectivity index (χ1n) is 3.17. The Labute approximate surface area is 64.0 Å². The first-order valence-corrected chi connectivity index (χ1v) is 3.17. The molecule has 0 N–H and O–H groups in total. The summed E-state index contributed by atoms with van der Waals surface area (Å²) in [5.41, 5.74) is 1.36. The van der Waals surface area contributed by atoms with Crippen molar-refractivity contribution in [2.24, 2.45) is 5.18 Å². The summed E-state index contributed by atoms with van der Waals surface area (Å²) in [5, 5.41) is 2.72. The summed E-state index contributed by atoms with van der Waals surface area (Å²) in [4.78, 5) is 20.5. The molecule has 0 heterocycles. The largest absolute Gasteiger partial charge is 0.298 e. The normalized spacial score (nSPS) is 9.18. The molecule has 0 unspecified atom stereocenters. The van der Waals surface area contributed by atoms with Gasteiger partial charge in [-0.1, -0.05) is 12.1 Å². The number of aryl methyl sites for hydroxylation is 1. The first-order chi connectivity index (χ1) is 5.29. The average molecular weight is 149 g/mol. The summed E-state index contributed by atoms with van der Waals surface area (Å²) in [6.45, 7) is 1.76. The highest BCUT2D eigenvalue weighted by Gasteiger charge is 2.02. The molecule has 0 aromatic heterocycles. The molecule has 1 aromatic carbocycles. The summed E-state index contributed by atoms with van der Waals surface area (Å²) in [5.74, 6) is 0. The van der Waals surface area contributed by atoms with Crippen molar-refractivity contribution in [3.05, 3.63) is 34.2 Å². The maximum atomic E-state index is 10.4. The van der Waals surface area contributed by atoms with E-state index in [1.807, 2.05) is 0 Å². The van der Waals surface area contributed by atoms with Crippen molar-refractivity contribution in [1.29, 1.82) is 0 Å². The van der Waals surface area contributed by atoms with Crippen LogP contribution >= 0.6 is 0 Å². The molecular formula is C8H7NO2. The molecule has 1 rings (SSSR count). The highest BCUT2D eigenvalue weighted by molar-refractivity contribution is 5.84. The van der Waals surface area contributed by atoms with Crippen LogP contribution in [0.4, 0.5) is 5.69 Å². The van der Waals surface area contributed by atoms with Gasteiger partial charge in [-0.25, -0.2) is 0 Å². The third-order valence-corrected chi connectivity index (χ3v) is 1.52. The molecule has 0 radical (unpaired) electrons. The second-order valence-electron chi connectivity index (χ2n) is 2.22. The Balaban J connectivity index is 3.35. The minimum atomic E-state index is 0.208. The zero-order chi connectivity index (χ0) is 8.27. The molecule has 0 fully saturated rings. The molecule has 0 saturated carbocycles. The summed E-state index contributed by atoms with van der Waals surface area (Å²) < 4.78 is 0. The van der Waals surface area contributed by atoms with Crippen molar-refractivity contribution < 1.29 is 4.79 Å². The zero-order valence-corrected chi connectivity index (χ0v) is 6.07. The van der Waals surface area contributed by atoms with Crippen molar-refractivity contribution in [1.82, 2.24) is 0 Å². The molecular weight excluding hydrogens is 142 g/mol. The molecule has 0 aliphatic rings. The molecule has 0 amide bonds. The van der Waals surface area contributed by atoms with Gasteiger partial charge in [0.1, 0.15) is 5.69 Å². The number of aldehydes is 1. The predicted molar refractivity (Wildman–Crippen MR) is 42.0 cm³/mol. The smallest absolute Gasteiger partial charge is 0.152 e. The van der Waals surface area contributed by atoms with Crippen molar-refractivity contribution in [2.45, 2.75) is 6.92 Å². The van der Waals surface area contributed by atoms with Crippen LogP contribution in [-0.4, -0.2) is 6.29 Å². The number of carbonyl (C=O) groups excluding carboxylic acids is 1. The monoisotopic (exact) mass is 149 g/mol. The van der Waals surface area contributed by atoms with Crippen LogP contribution in [0.15, 0.2) is 23.4 Å².